The van der Waals surface area contributed by atoms with E-state index in [0.29, 0.717) is 5.92 Å². The number of likely N-dealkylation sites (tertiary alicyclic amines) is 1. The van der Waals surface area contributed by atoms with E-state index in [4.69, 9.17) is 4.74 Å². The highest BCUT2D eigenvalue weighted by atomic mass is 127. The first-order valence-corrected chi connectivity index (χ1v) is 8.46. The predicted molar refractivity (Wildman–Crippen MR) is 112 cm³/mol. The number of benzene rings is 1. The molecule has 1 atom stereocenters. The topological polar surface area (TPSA) is 40.1 Å². The van der Waals surface area contributed by atoms with E-state index in [2.05, 4.69) is 46.2 Å². The summed E-state index contributed by atoms with van der Waals surface area (Å²) in [4.78, 5) is 9.10. The van der Waals surface area contributed by atoms with Gasteiger partial charge in [-0.05, 0) is 37.7 Å². The van der Waals surface area contributed by atoms with Gasteiger partial charge in [0.25, 0.3) is 0 Å². The van der Waals surface area contributed by atoms with E-state index in [9.17, 15) is 0 Å². The minimum absolute atomic E-state index is 0. The van der Waals surface area contributed by atoms with Gasteiger partial charge in [0, 0.05) is 39.1 Å². The lowest BCUT2D eigenvalue weighted by Crippen LogP contribution is -2.42. The third-order valence-corrected chi connectivity index (χ3v) is 4.60. The van der Waals surface area contributed by atoms with Gasteiger partial charge >= 0.3 is 0 Å². The number of methoxy groups -OCH3 is 1. The van der Waals surface area contributed by atoms with Crippen molar-refractivity contribution in [1.29, 1.82) is 0 Å². The first-order chi connectivity index (χ1) is 11.2. The molecule has 1 fully saturated rings. The molecule has 0 spiro atoms. The summed E-state index contributed by atoms with van der Waals surface area (Å²) in [5.41, 5.74) is 1.38. The Morgan fingerprint density at radius 1 is 1.38 bits per heavy atom. The molecule has 1 heterocycles. The van der Waals surface area contributed by atoms with Crippen molar-refractivity contribution in [2.75, 3.05) is 53.9 Å². The summed E-state index contributed by atoms with van der Waals surface area (Å²) in [5, 5.41) is 3.48. The van der Waals surface area contributed by atoms with E-state index < -0.39 is 0 Å². The second-order valence-corrected chi connectivity index (χ2v) is 6.07. The van der Waals surface area contributed by atoms with Crippen molar-refractivity contribution in [3.05, 3.63) is 29.8 Å². The average molecular weight is 446 g/mol. The monoisotopic (exact) mass is 446 g/mol. The standard InChI is InChI=1S/C18H30N4O.HI/c1-5-21(3)13-11-20-18(19-2)22-12-10-16(14-22)15-6-8-17(23-4)9-7-15;/h6-9,16H,5,10-14H2,1-4H3,(H,19,20);1H. The van der Waals surface area contributed by atoms with E-state index in [1.54, 1.807) is 7.11 Å². The number of likely N-dealkylation sites (N-methyl/N-ethyl adjacent to an activating group) is 1. The van der Waals surface area contributed by atoms with Crippen LogP contribution < -0.4 is 10.1 Å². The molecule has 136 valence electrons. The van der Waals surface area contributed by atoms with Crippen molar-refractivity contribution in [1.82, 2.24) is 15.1 Å². The summed E-state index contributed by atoms with van der Waals surface area (Å²) in [5.74, 6) is 2.50. The van der Waals surface area contributed by atoms with Crippen molar-refractivity contribution in [3.8, 4) is 5.75 Å². The van der Waals surface area contributed by atoms with Crippen molar-refractivity contribution in [2.45, 2.75) is 19.3 Å². The van der Waals surface area contributed by atoms with E-state index in [1.807, 2.05) is 19.2 Å². The van der Waals surface area contributed by atoms with Gasteiger partial charge in [0.05, 0.1) is 7.11 Å². The molecule has 0 amide bonds. The number of rotatable bonds is 6. The van der Waals surface area contributed by atoms with Gasteiger partial charge in [-0.15, -0.1) is 24.0 Å². The second kappa shape index (κ2) is 10.8. The highest BCUT2D eigenvalue weighted by Gasteiger charge is 2.25. The fourth-order valence-corrected chi connectivity index (χ4v) is 2.95. The zero-order valence-corrected chi connectivity index (χ0v) is 17.6. The molecule has 1 N–H and O–H groups in total. The quantitative estimate of drug-likeness (QED) is 0.415. The van der Waals surface area contributed by atoms with Gasteiger partial charge in [-0.3, -0.25) is 4.99 Å². The van der Waals surface area contributed by atoms with E-state index in [1.165, 1.54) is 12.0 Å². The molecule has 1 saturated heterocycles. The van der Waals surface area contributed by atoms with Crippen LogP contribution in [-0.2, 0) is 0 Å². The Kier molecular flexibility index (Phi) is 9.43. The summed E-state index contributed by atoms with van der Waals surface area (Å²) in [6.45, 7) is 7.29. The molecule has 0 aromatic heterocycles. The zero-order chi connectivity index (χ0) is 16.7. The van der Waals surface area contributed by atoms with Gasteiger partial charge in [0.1, 0.15) is 5.75 Å². The van der Waals surface area contributed by atoms with Crippen LogP contribution in [0.4, 0.5) is 0 Å². The molecular formula is C18H31IN4O. The van der Waals surface area contributed by atoms with Gasteiger partial charge in [-0.2, -0.15) is 0 Å². The first kappa shape index (κ1) is 21.0. The van der Waals surface area contributed by atoms with Crippen LogP contribution in [0, 0.1) is 0 Å². The Balaban J connectivity index is 0.00000288. The molecule has 6 heteroatoms. The Bertz CT molecular complexity index is 506. The largest absolute Gasteiger partial charge is 0.497 e. The summed E-state index contributed by atoms with van der Waals surface area (Å²) in [6.07, 6.45) is 1.17. The van der Waals surface area contributed by atoms with Crippen molar-refractivity contribution >= 4 is 29.9 Å². The average Bonchev–Trinajstić information content (AvgIpc) is 3.08. The Hall–Kier alpha value is -1.02. The summed E-state index contributed by atoms with van der Waals surface area (Å²) in [6, 6.07) is 8.45. The minimum Gasteiger partial charge on any atom is -0.497 e. The third kappa shape index (κ3) is 5.81. The maximum atomic E-state index is 5.24. The number of hydrogen-bond donors (Lipinski definition) is 1. The van der Waals surface area contributed by atoms with E-state index in [0.717, 1.165) is 44.4 Å². The number of ether oxygens (including phenoxy) is 1. The smallest absolute Gasteiger partial charge is 0.193 e. The van der Waals surface area contributed by atoms with Gasteiger partial charge in [-0.25, -0.2) is 0 Å². The summed E-state index contributed by atoms with van der Waals surface area (Å²) in [7, 11) is 5.71. The maximum absolute atomic E-state index is 5.24. The van der Waals surface area contributed by atoms with Crippen LogP contribution in [0.25, 0.3) is 0 Å². The second-order valence-electron chi connectivity index (χ2n) is 6.07. The summed E-state index contributed by atoms with van der Waals surface area (Å²) >= 11 is 0. The fourth-order valence-electron chi connectivity index (χ4n) is 2.95. The molecular weight excluding hydrogens is 415 g/mol. The molecule has 5 nitrogen and oxygen atoms in total. The lowest BCUT2D eigenvalue weighted by Gasteiger charge is -2.23. The number of guanidine groups is 1. The number of hydrogen-bond acceptors (Lipinski definition) is 3. The van der Waals surface area contributed by atoms with Crippen LogP contribution in [-0.4, -0.2) is 69.7 Å². The number of nitrogens with zero attached hydrogens (tertiary/aromatic N) is 3. The van der Waals surface area contributed by atoms with Gasteiger partial charge in [0.2, 0.25) is 0 Å². The van der Waals surface area contributed by atoms with Crippen molar-refractivity contribution in [2.24, 2.45) is 4.99 Å². The van der Waals surface area contributed by atoms with Crippen LogP contribution >= 0.6 is 24.0 Å². The van der Waals surface area contributed by atoms with Gasteiger partial charge in [-0.1, -0.05) is 19.1 Å². The third-order valence-electron chi connectivity index (χ3n) is 4.60. The highest BCUT2D eigenvalue weighted by Crippen LogP contribution is 2.28. The molecule has 0 aliphatic carbocycles. The van der Waals surface area contributed by atoms with E-state index in [-0.39, 0.29) is 24.0 Å². The normalized spacial score (nSPS) is 17.8. The predicted octanol–water partition coefficient (Wildman–Crippen LogP) is 2.63. The highest BCUT2D eigenvalue weighted by molar-refractivity contribution is 14.0. The van der Waals surface area contributed by atoms with Crippen LogP contribution in [0.15, 0.2) is 29.3 Å². The lowest BCUT2D eigenvalue weighted by atomic mass is 9.98. The molecule has 2 rings (SSSR count). The fraction of sp³-hybridized carbons (Fsp3) is 0.611. The SMILES string of the molecule is CCN(C)CCNC(=NC)N1CCC(c2ccc(OC)cc2)C1.I. The summed E-state index contributed by atoms with van der Waals surface area (Å²) < 4.78 is 5.24. The van der Waals surface area contributed by atoms with Gasteiger partial charge < -0.3 is 19.9 Å². The molecule has 1 aliphatic heterocycles. The van der Waals surface area contributed by atoms with Crippen molar-refractivity contribution < 1.29 is 4.74 Å². The van der Waals surface area contributed by atoms with Gasteiger partial charge in [0.15, 0.2) is 5.96 Å². The van der Waals surface area contributed by atoms with Crippen LogP contribution in [0.5, 0.6) is 5.75 Å². The van der Waals surface area contributed by atoms with E-state index >= 15 is 0 Å². The van der Waals surface area contributed by atoms with Crippen LogP contribution in [0.2, 0.25) is 0 Å². The maximum Gasteiger partial charge on any atom is 0.193 e. The van der Waals surface area contributed by atoms with Crippen LogP contribution in [0.1, 0.15) is 24.8 Å². The Morgan fingerprint density at radius 3 is 2.67 bits per heavy atom. The first-order valence-electron chi connectivity index (χ1n) is 8.46. The molecule has 1 aliphatic rings. The minimum atomic E-state index is 0. The number of halogens is 1. The lowest BCUT2D eigenvalue weighted by molar-refractivity contribution is 0.354. The Morgan fingerprint density at radius 2 is 2.08 bits per heavy atom. The molecule has 0 bridgehead atoms. The molecule has 1 aromatic rings. The number of nitrogens with one attached hydrogen (secondary N) is 1. The molecule has 1 aromatic carbocycles. The van der Waals surface area contributed by atoms with Crippen LogP contribution in [0.3, 0.4) is 0 Å². The van der Waals surface area contributed by atoms with Crippen molar-refractivity contribution in [3.63, 3.8) is 0 Å². The number of aliphatic imine (C=N–C) groups is 1. The zero-order valence-electron chi connectivity index (χ0n) is 15.3. The molecule has 0 saturated carbocycles. The molecule has 1 unspecified atom stereocenters. The Labute approximate surface area is 163 Å². The molecule has 24 heavy (non-hydrogen) atoms. The molecule has 0 radical (unpaired) electrons.